The van der Waals surface area contributed by atoms with Gasteiger partial charge in [0.05, 0.1) is 0 Å². The Kier molecular flexibility index (Phi) is 4.34. The molecule has 1 fully saturated rings. The maximum absolute atomic E-state index is 11.8. The first-order valence-electron chi connectivity index (χ1n) is 6.26. The number of hydrogen-bond acceptors (Lipinski definition) is 3. The molecule has 0 aliphatic carbocycles. The van der Waals surface area contributed by atoms with E-state index in [0.717, 1.165) is 18.4 Å². The summed E-state index contributed by atoms with van der Waals surface area (Å²) in [7, 11) is 0. The first-order valence-corrected chi connectivity index (χ1v) is 6.26. The molecule has 1 aromatic rings. The average molecular weight is 246 g/mol. The van der Waals surface area contributed by atoms with Gasteiger partial charge < -0.3 is 15.0 Å². The van der Waals surface area contributed by atoms with E-state index in [2.05, 4.69) is 0 Å². The summed E-state index contributed by atoms with van der Waals surface area (Å²) < 4.78 is 5.27. The molecule has 0 unspecified atom stereocenters. The van der Waals surface area contributed by atoms with Gasteiger partial charge in [0.1, 0.15) is 6.61 Å². The zero-order valence-corrected chi connectivity index (χ0v) is 10.3. The van der Waals surface area contributed by atoms with E-state index in [4.69, 9.17) is 10.1 Å². The van der Waals surface area contributed by atoms with Crippen LogP contribution in [0.3, 0.4) is 0 Å². The second kappa shape index (κ2) is 6.19. The van der Waals surface area contributed by atoms with Gasteiger partial charge in [-0.1, -0.05) is 30.3 Å². The lowest BCUT2D eigenvalue weighted by Crippen LogP contribution is -2.39. The van der Waals surface area contributed by atoms with Crippen molar-refractivity contribution in [1.82, 2.24) is 4.90 Å². The van der Waals surface area contributed by atoms with Crippen LogP contribution in [0.1, 0.15) is 18.4 Å². The van der Waals surface area contributed by atoms with Gasteiger partial charge in [-0.2, -0.15) is 0 Å². The first-order chi connectivity index (χ1) is 8.79. The zero-order valence-electron chi connectivity index (χ0n) is 10.3. The monoisotopic (exact) mass is 246 g/mol. The van der Waals surface area contributed by atoms with E-state index in [-0.39, 0.29) is 6.09 Å². The van der Waals surface area contributed by atoms with Crippen LogP contribution in [0.4, 0.5) is 4.79 Å². The predicted molar refractivity (Wildman–Crippen MR) is 69.7 cm³/mol. The van der Waals surface area contributed by atoms with Crippen LogP contribution >= 0.6 is 0 Å². The molecular formula is C14H18N2O2. The van der Waals surface area contributed by atoms with Crippen LogP contribution in [0.15, 0.2) is 30.3 Å². The number of nitrogens with one attached hydrogen (secondary N) is 1. The molecule has 0 atom stereocenters. The van der Waals surface area contributed by atoms with Crippen LogP contribution in [0.2, 0.25) is 0 Å². The van der Waals surface area contributed by atoms with Crippen LogP contribution in [-0.2, 0) is 11.3 Å². The fourth-order valence-electron chi connectivity index (χ4n) is 2.06. The lowest BCUT2D eigenvalue weighted by molar-refractivity contribution is 0.0866. The summed E-state index contributed by atoms with van der Waals surface area (Å²) in [6, 6.07) is 9.67. The Labute approximate surface area is 107 Å². The second-order valence-electron chi connectivity index (χ2n) is 4.53. The fraction of sp³-hybridized carbons (Fsp3) is 0.429. The molecular weight excluding hydrogens is 228 g/mol. The Morgan fingerprint density at radius 2 is 2.00 bits per heavy atom. The first kappa shape index (κ1) is 12.6. The third-order valence-electron chi connectivity index (χ3n) is 3.24. The molecule has 1 N–H and O–H groups in total. The molecule has 0 saturated carbocycles. The number of benzene rings is 1. The predicted octanol–water partition coefficient (Wildman–Crippen LogP) is 2.68. The summed E-state index contributed by atoms with van der Waals surface area (Å²) >= 11 is 0. The highest BCUT2D eigenvalue weighted by Gasteiger charge is 2.22. The van der Waals surface area contributed by atoms with Crippen molar-refractivity contribution in [2.24, 2.45) is 5.92 Å². The van der Waals surface area contributed by atoms with Crippen molar-refractivity contribution < 1.29 is 9.53 Å². The number of piperidine rings is 1. The maximum atomic E-state index is 11.8. The minimum absolute atomic E-state index is 0.248. The Morgan fingerprint density at radius 1 is 1.33 bits per heavy atom. The highest BCUT2D eigenvalue weighted by molar-refractivity contribution is 5.68. The summed E-state index contributed by atoms with van der Waals surface area (Å²) in [5.41, 5.74) is 1.00. The van der Waals surface area contributed by atoms with Crippen LogP contribution in [-0.4, -0.2) is 30.3 Å². The Morgan fingerprint density at radius 3 is 2.61 bits per heavy atom. The molecule has 4 nitrogen and oxygen atoms in total. The van der Waals surface area contributed by atoms with Crippen molar-refractivity contribution in [3.8, 4) is 0 Å². The van der Waals surface area contributed by atoms with E-state index >= 15 is 0 Å². The van der Waals surface area contributed by atoms with Crippen LogP contribution in [0, 0.1) is 11.3 Å². The quantitative estimate of drug-likeness (QED) is 0.834. The number of carbonyl (C=O) groups is 1. The lowest BCUT2D eigenvalue weighted by Gasteiger charge is -2.29. The molecule has 96 valence electrons. The maximum Gasteiger partial charge on any atom is 0.410 e. The number of amides is 1. The van der Waals surface area contributed by atoms with E-state index in [1.54, 1.807) is 4.90 Å². The molecule has 0 aromatic heterocycles. The summed E-state index contributed by atoms with van der Waals surface area (Å²) in [5.74, 6) is 0.322. The van der Waals surface area contributed by atoms with E-state index in [0.29, 0.717) is 25.6 Å². The number of hydrogen-bond donors (Lipinski definition) is 1. The van der Waals surface area contributed by atoms with Crippen molar-refractivity contribution in [2.75, 3.05) is 13.1 Å². The minimum atomic E-state index is -0.248. The fourth-order valence-corrected chi connectivity index (χ4v) is 2.06. The SMILES string of the molecule is N=CC1CCN(C(=O)OCc2ccccc2)CC1. The van der Waals surface area contributed by atoms with E-state index in [1.165, 1.54) is 6.21 Å². The van der Waals surface area contributed by atoms with Crippen molar-refractivity contribution in [2.45, 2.75) is 19.4 Å². The second-order valence-corrected chi connectivity index (χ2v) is 4.53. The van der Waals surface area contributed by atoms with Gasteiger partial charge in [-0.25, -0.2) is 4.79 Å². The van der Waals surface area contributed by atoms with Gasteiger partial charge in [0.25, 0.3) is 0 Å². The molecule has 4 heteroatoms. The number of rotatable bonds is 3. The smallest absolute Gasteiger partial charge is 0.410 e. The molecule has 2 rings (SSSR count). The average Bonchev–Trinajstić information content (AvgIpc) is 2.46. The number of carbonyl (C=O) groups excluding carboxylic acids is 1. The van der Waals surface area contributed by atoms with Gasteiger partial charge in [-0.3, -0.25) is 0 Å². The Bertz CT molecular complexity index is 398. The lowest BCUT2D eigenvalue weighted by atomic mass is 9.99. The van der Waals surface area contributed by atoms with E-state index in [1.807, 2.05) is 30.3 Å². The van der Waals surface area contributed by atoms with Gasteiger partial charge in [0.2, 0.25) is 0 Å². The summed E-state index contributed by atoms with van der Waals surface area (Å²) in [6.07, 6.45) is 2.96. The molecule has 1 amide bonds. The molecule has 1 heterocycles. The van der Waals surface area contributed by atoms with E-state index < -0.39 is 0 Å². The Balaban J connectivity index is 1.77. The third kappa shape index (κ3) is 3.32. The van der Waals surface area contributed by atoms with Crippen molar-refractivity contribution >= 4 is 12.3 Å². The van der Waals surface area contributed by atoms with Crippen molar-refractivity contribution in [1.29, 1.82) is 5.41 Å². The zero-order chi connectivity index (χ0) is 12.8. The number of likely N-dealkylation sites (tertiary alicyclic amines) is 1. The largest absolute Gasteiger partial charge is 0.445 e. The molecule has 1 aromatic carbocycles. The summed E-state index contributed by atoms with van der Waals surface area (Å²) in [4.78, 5) is 13.5. The summed E-state index contributed by atoms with van der Waals surface area (Å²) in [6.45, 7) is 1.70. The van der Waals surface area contributed by atoms with Crippen LogP contribution in [0.25, 0.3) is 0 Å². The van der Waals surface area contributed by atoms with E-state index in [9.17, 15) is 4.79 Å². The van der Waals surface area contributed by atoms with Gasteiger partial charge in [-0.05, 0) is 30.5 Å². The summed E-state index contributed by atoms with van der Waals surface area (Å²) in [5, 5.41) is 7.20. The van der Waals surface area contributed by atoms with Gasteiger partial charge >= 0.3 is 6.09 Å². The Hall–Kier alpha value is -1.84. The highest BCUT2D eigenvalue weighted by Crippen LogP contribution is 2.16. The molecule has 1 aliphatic rings. The molecule has 0 spiro atoms. The molecule has 0 radical (unpaired) electrons. The highest BCUT2D eigenvalue weighted by atomic mass is 16.6. The molecule has 1 saturated heterocycles. The molecule has 1 aliphatic heterocycles. The van der Waals surface area contributed by atoms with Crippen LogP contribution < -0.4 is 0 Å². The number of nitrogens with zero attached hydrogens (tertiary/aromatic N) is 1. The van der Waals surface area contributed by atoms with Gasteiger partial charge in [0.15, 0.2) is 0 Å². The van der Waals surface area contributed by atoms with Crippen LogP contribution in [0.5, 0.6) is 0 Å². The topological polar surface area (TPSA) is 53.4 Å². The minimum Gasteiger partial charge on any atom is -0.445 e. The van der Waals surface area contributed by atoms with Crippen molar-refractivity contribution in [3.05, 3.63) is 35.9 Å². The molecule has 0 bridgehead atoms. The van der Waals surface area contributed by atoms with Gasteiger partial charge in [-0.15, -0.1) is 0 Å². The normalized spacial score (nSPS) is 16.3. The van der Waals surface area contributed by atoms with Gasteiger partial charge in [0, 0.05) is 13.1 Å². The number of ether oxygens (including phenoxy) is 1. The van der Waals surface area contributed by atoms with Crippen molar-refractivity contribution in [3.63, 3.8) is 0 Å². The third-order valence-corrected chi connectivity index (χ3v) is 3.24. The standard InChI is InChI=1S/C14H18N2O2/c15-10-12-6-8-16(9-7-12)14(17)18-11-13-4-2-1-3-5-13/h1-5,10,12,15H,6-9,11H2. The molecule has 18 heavy (non-hydrogen) atoms.